The topological polar surface area (TPSA) is 72.3 Å². The van der Waals surface area contributed by atoms with Crippen molar-refractivity contribution in [1.82, 2.24) is 0 Å². The summed E-state index contributed by atoms with van der Waals surface area (Å²) in [4.78, 5) is 0. The molecule has 0 amide bonds. The first-order chi connectivity index (χ1) is 6.02. The van der Waals surface area contributed by atoms with Crippen LogP contribution in [0.1, 0.15) is 26.3 Å². The van der Waals surface area contributed by atoms with Crippen LogP contribution in [0.15, 0.2) is 24.3 Å². The predicted molar refractivity (Wildman–Crippen MR) is 55.2 cm³/mol. The molecule has 1 aromatic carbocycles. The highest BCUT2D eigenvalue weighted by atomic mass is 16.3. The Morgan fingerprint density at radius 1 is 1.08 bits per heavy atom. The van der Waals surface area contributed by atoms with Gasteiger partial charge in [-0.15, -0.1) is 0 Å². The van der Waals surface area contributed by atoms with E-state index < -0.39 is 0 Å². The van der Waals surface area contributed by atoms with Crippen LogP contribution >= 0.6 is 0 Å². The first-order valence-corrected chi connectivity index (χ1v) is 4.13. The molecule has 0 atom stereocenters. The Balaban J connectivity index is 0.000000671. The van der Waals surface area contributed by atoms with E-state index in [-0.39, 0.29) is 5.41 Å². The summed E-state index contributed by atoms with van der Waals surface area (Å²) in [6, 6.07) is 7.46. The van der Waals surface area contributed by atoms with Gasteiger partial charge in [0.05, 0.1) is 0 Å². The van der Waals surface area contributed by atoms with E-state index in [9.17, 15) is 5.11 Å². The van der Waals surface area contributed by atoms with Crippen LogP contribution in [0.25, 0.3) is 0 Å². The van der Waals surface area contributed by atoms with E-state index in [0.29, 0.717) is 5.75 Å². The average Bonchev–Trinajstić information content (AvgIpc) is 2.07. The molecule has 3 heteroatoms. The van der Waals surface area contributed by atoms with Crippen molar-refractivity contribution in [3.05, 3.63) is 29.8 Å². The van der Waals surface area contributed by atoms with Gasteiger partial charge in [-0.05, 0) is 17.0 Å². The third-order valence-electron chi connectivity index (χ3n) is 1.71. The zero-order valence-corrected chi connectivity index (χ0v) is 8.41. The fraction of sp³-hybridized carbons (Fsp3) is 0.400. The van der Waals surface area contributed by atoms with Crippen LogP contribution < -0.4 is 11.7 Å². The number of para-hydroxylation sites is 1. The van der Waals surface area contributed by atoms with Crippen LogP contribution in [0.2, 0.25) is 0 Å². The molecule has 1 rings (SSSR count). The van der Waals surface area contributed by atoms with E-state index >= 15 is 0 Å². The van der Waals surface area contributed by atoms with Crippen molar-refractivity contribution >= 4 is 0 Å². The molecular weight excluding hydrogens is 164 g/mol. The van der Waals surface area contributed by atoms with Crippen molar-refractivity contribution < 1.29 is 5.11 Å². The maximum Gasteiger partial charge on any atom is 0.119 e. The van der Waals surface area contributed by atoms with Crippen molar-refractivity contribution in [3.63, 3.8) is 0 Å². The molecule has 74 valence electrons. The number of nitrogens with two attached hydrogens (primary N) is 2. The molecule has 0 fully saturated rings. The number of phenolic OH excluding ortho intramolecular Hbond substituents is 1. The second-order valence-electron chi connectivity index (χ2n) is 3.77. The molecule has 0 aliphatic rings. The number of phenols is 1. The molecule has 0 heterocycles. The Labute approximate surface area is 79.3 Å². The van der Waals surface area contributed by atoms with Gasteiger partial charge in [0.2, 0.25) is 0 Å². The van der Waals surface area contributed by atoms with E-state index in [1.165, 1.54) is 0 Å². The van der Waals surface area contributed by atoms with Gasteiger partial charge in [-0.3, -0.25) is 11.7 Å². The Kier molecular flexibility index (Phi) is 4.45. The molecule has 3 nitrogen and oxygen atoms in total. The normalized spacial score (nSPS) is 10.2. The molecule has 0 aliphatic carbocycles. The summed E-state index contributed by atoms with van der Waals surface area (Å²) < 4.78 is 0. The van der Waals surface area contributed by atoms with E-state index in [4.69, 9.17) is 0 Å². The van der Waals surface area contributed by atoms with Crippen LogP contribution in [-0.2, 0) is 5.41 Å². The summed E-state index contributed by atoms with van der Waals surface area (Å²) in [5.74, 6) is 8.39. The lowest BCUT2D eigenvalue weighted by Crippen LogP contribution is -2.10. The van der Waals surface area contributed by atoms with Crippen molar-refractivity contribution in [3.8, 4) is 5.75 Å². The smallest absolute Gasteiger partial charge is 0.119 e. The highest BCUT2D eigenvalue weighted by molar-refractivity contribution is 5.36. The minimum atomic E-state index is 0.0331. The average molecular weight is 182 g/mol. The van der Waals surface area contributed by atoms with Gasteiger partial charge in [0.1, 0.15) is 5.75 Å². The first-order valence-electron chi connectivity index (χ1n) is 4.13. The fourth-order valence-electron chi connectivity index (χ4n) is 1.11. The molecule has 0 saturated heterocycles. The van der Waals surface area contributed by atoms with E-state index in [0.717, 1.165) is 5.56 Å². The molecule has 0 aliphatic heterocycles. The van der Waals surface area contributed by atoms with E-state index in [2.05, 4.69) is 32.5 Å². The third-order valence-corrected chi connectivity index (χ3v) is 1.71. The molecule has 1 aromatic rings. The van der Waals surface area contributed by atoms with Crippen molar-refractivity contribution in [2.45, 2.75) is 26.2 Å². The fourth-order valence-corrected chi connectivity index (χ4v) is 1.11. The molecule has 13 heavy (non-hydrogen) atoms. The molecule has 0 radical (unpaired) electrons. The molecular formula is C10H18N2O. The van der Waals surface area contributed by atoms with Crippen LogP contribution in [0.4, 0.5) is 0 Å². The molecule has 0 aromatic heterocycles. The van der Waals surface area contributed by atoms with E-state index in [1.54, 1.807) is 6.07 Å². The first kappa shape index (κ1) is 11.9. The van der Waals surface area contributed by atoms with Gasteiger partial charge in [-0.1, -0.05) is 39.0 Å². The number of rotatable bonds is 0. The largest absolute Gasteiger partial charge is 0.508 e. The lowest BCUT2D eigenvalue weighted by atomic mass is 9.86. The standard InChI is InChI=1S/C10H14O.H4N2/c1-10(2,3)8-6-4-5-7-9(8)11;1-2/h4-7,11H,1-3H3;1-2H2. The van der Waals surface area contributed by atoms with Crippen LogP contribution in [0.5, 0.6) is 5.75 Å². The van der Waals surface area contributed by atoms with Crippen molar-refractivity contribution in [1.29, 1.82) is 0 Å². The lowest BCUT2D eigenvalue weighted by Gasteiger charge is -2.19. The monoisotopic (exact) mass is 182 g/mol. The summed E-state index contributed by atoms with van der Waals surface area (Å²) in [7, 11) is 0. The number of aromatic hydroxyl groups is 1. The Hall–Kier alpha value is -1.06. The van der Waals surface area contributed by atoms with Crippen molar-refractivity contribution in [2.75, 3.05) is 0 Å². The minimum Gasteiger partial charge on any atom is -0.508 e. The predicted octanol–water partition coefficient (Wildman–Crippen LogP) is 1.51. The van der Waals surface area contributed by atoms with Gasteiger partial charge >= 0.3 is 0 Å². The van der Waals surface area contributed by atoms with Gasteiger partial charge in [0.15, 0.2) is 0 Å². The SMILES string of the molecule is CC(C)(C)c1ccccc1O.NN. The van der Waals surface area contributed by atoms with Crippen LogP contribution in [0.3, 0.4) is 0 Å². The number of benzene rings is 1. The summed E-state index contributed by atoms with van der Waals surface area (Å²) >= 11 is 0. The maximum absolute atomic E-state index is 9.45. The van der Waals surface area contributed by atoms with Crippen LogP contribution in [-0.4, -0.2) is 5.11 Å². The van der Waals surface area contributed by atoms with Crippen LogP contribution in [0, 0.1) is 0 Å². The Morgan fingerprint density at radius 2 is 1.54 bits per heavy atom. The zero-order chi connectivity index (χ0) is 10.5. The molecule has 0 unspecified atom stereocenters. The number of hydrogen-bond acceptors (Lipinski definition) is 3. The number of hydrogen-bond donors (Lipinski definition) is 3. The second-order valence-corrected chi connectivity index (χ2v) is 3.77. The van der Waals surface area contributed by atoms with Crippen molar-refractivity contribution in [2.24, 2.45) is 11.7 Å². The van der Waals surface area contributed by atoms with Gasteiger partial charge < -0.3 is 5.11 Å². The quantitative estimate of drug-likeness (QED) is 0.420. The minimum absolute atomic E-state index is 0.0331. The molecule has 5 N–H and O–H groups in total. The zero-order valence-electron chi connectivity index (χ0n) is 8.41. The summed E-state index contributed by atoms with van der Waals surface area (Å²) in [6.07, 6.45) is 0. The molecule has 0 spiro atoms. The summed E-state index contributed by atoms with van der Waals surface area (Å²) in [5.41, 5.74) is 1.03. The van der Waals surface area contributed by atoms with Gasteiger partial charge in [0, 0.05) is 0 Å². The van der Waals surface area contributed by atoms with Gasteiger partial charge in [-0.2, -0.15) is 0 Å². The Morgan fingerprint density at radius 3 is 1.85 bits per heavy atom. The third kappa shape index (κ3) is 3.44. The summed E-state index contributed by atoms with van der Waals surface area (Å²) in [6.45, 7) is 6.26. The molecule has 0 bridgehead atoms. The highest BCUT2D eigenvalue weighted by Gasteiger charge is 2.16. The number of hydrazine groups is 1. The Bertz CT molecular complexity index is 253. The maximum atomic E-state index is 9.45. The van der Waals surface area contributed by atoms with E-state index in [1.807, 2.05) is 18.2 Å². The van der Waals surface area contributed by atoms with Gasteiger partial charge in [-0.25, -0.2) is 0 Å². The molecule has 0 saturated carbocycles. The summed E-state index contributed by atoms with van der Waals surface area (Å²) in [5, 5.41) is 9.45. The lowest BCUT2D eigenvalue weighted by molar-refractivity contribution is 0.447. The second kappa shape index (κ2) is 4.84. The highest BCUT2D eigenvalue weighted by Crippen LogP contribution is 2.29. The van der Waals surface area contributed by atoms with Gasteiger partial charge in [0.25, 0.3) is 0 Å².